The number of aromatic nitrogens is 2. The van der Waals surface area contributed by atoms with Gasteiger partial charge in [0.15, 0.2) is 0 Å². The van der Waals surface area contributed by atoms with Gasteiger partial charge in [0.1, 0.15) is 11.6 Å². The molecule has 25 heavy (non-hydrogen) atoms. The molecule has 0 fully saturated rings. The van der Waals surface area contributed by atoms with Crippen LogP contribution in [-0.2, 0) is 0 Å². The van der Waals surface area contributed by atoms with Gasteiger partial charge in [0, 0.05) is 16.9 Å². The summed E-state index contributed by atoms with van der Waals surface area (Å²) in [5.41, 5.74) is 2.71. The van der Waals surface area contributed by atoms with E-state index in [1.165, 1.54) is 0 Å². The van der Waals surface area contributed by atoms with Crippen molar-refractivity contribution in [1.82, 2.24) is 9.97 Å². The van der Waals surface area contributed by atoms with E-state index in [9.17, 15) is 0 Å². The van der Waals surface area contributed by atoms with Crippen molar-refractivity contribution in [2.24, 2.45) is 0 Å². The van der Waals surface area contributed by atoms with Crippen LogP contribution in [0.15, 0.2) is 54.7 Å². The Hall–Kier alpha value is -2.79. The number of halogens is 1. The molecule has 0 aliphatic rings. The van der Waals surface area contributed by atoms with Crippen LogP contribution in [-0.4, -0.2) is 16.6 Å². The fourth-order valence-corrected chi connectivity index (χ4v) is 2.46. The summed E-state index contributed by atoms with van der Waals surface area (Å²) in [5.74, 6) is 1.94. The number of hydrogen-bond acceptors (Lipinski definition) is 5. The van der Waals surface area contributed by atoms with Crippen LogP contribution in [0.3, 0.4) is 0 Å². The summed E-state index contributed by atoms with van der Waals surface area (Å²) < 4.78 is 5.62. The van der Waals surface area contributed by atoms with E-state index in [1.807, 2.05) is 56.3 Å². The number of anilines is 4. The zero-order chi connectivity index (χ0) is 17.6. The summed E-state index contributed by atoms with van der Waals surface area (Å²) >= 11 is 6.16. The highest BCUT2D eigenvalue weighted by atomic mass is 35.5. The smallest absolute Gasteiger partial charge is 0.229 e. The van der Waals surface area contributed by atoms with Crippen LogP contribution in [0.5, 0.6) is 5.75 Å². The van der Waals surface area contributed by atoms with Crippen molar-refractivity contribution in [3.05, 3.63) is 65.3 Å². The molecule has 5 nitrogen and oxygen atoms in total. The minimum Gasteiger partial charge on any atom is -0.492 e. The maximum atomic E-state index is 6.16. The zero-order valence-electron chi connectivity index (χ0n) is 14.1. The maximum Gasteiger partial charge on any atom is 0.229 e. The van der Waals surface area contributed by atoms with Gasteiger partial charge in [-0.15, -0.1) is 0 Å². The van der Waals surface area contributed by atoms with Gasteiger partial charge in [0.05, 0.1) is 12.3 Å². The Morgan fingerprint density at radius 1 is 1.08 bits per heavy atom. The van der Waals surface area contributed by atoms with Gasteiger partial charge in [0.2, 0.25) is 5.95 Å². The van der Waals surface area contributed by atoms with Crippen molar-refractivity contribution >= 4 is 34.7 Å². The minimum absolute atomic E-state index is 0.485. The Morgan fingerprint density at radius 2 is 1.92 bits per heavy atom. The van der Waals surface area contributed by atoms with E-state index in [-0.39, 0.29) is 0 Å². The molecule has 2 N–H and O–H groups in total. The lowest BCUT2D eigenvalue weighted by atomic mass is 10.2. The number of nitrogens with one attached hydrogen (secondary N) is 2. The average Bonchev–Trinajstić information content (AvgIpc) is 2.61. The molecule has 1 aromatic heterocycles. The van der Waals surface area contributed by atoms with Crippen molar-refractivity contribution < 1.29 is 4.74 Å². The molecule has 6 heteroatoms. The third kappa shape index (κ3) is 4.39. The topological polar surface area (TPSA) is 59.1 Å². The Morgan fingerprint density at radius 3 is 2.72 bits per heavy atom. The van der Waals surface area contributed by atoms with Crippen LogP contribution in [0.4, 0.5) is 23.1 Å². The molecule has 0 saturated carbocycles. The van der Waals surface area contributed by atoms with Crippen LogP contribution >= 0.6 is 11.6 Å². The van der Waals surface area contributed by atoms with Crippen LogP contribution in [0.25, 0.3) is 0 Å². The molecule has 0 aliphatic heterocycles. The molecule has 3 rings (SSSR count). The van der Waals surface area contributed by atoms with Gasteiger partial charge in [-0.05, 0) is 49.7 Å². The van der Waals surface area contributed by atoms with E-state index in [2.05, 4.69) is 20.6 Å². The van der Waals surface area contributed by atoms with Gasteiger partial charge in [-0.2, -0.15) is 4.98 Å². The normalized spacial score (nSPS) is 10.4. The fourth-order valence-electron chi connectivity index (χ4n) is 2.28. The highest BCUT2D eigenvalue weighted by Gasteiger charge is 2.06. The third-order valence-electron chi connectivity index (χ3n) is 3.53. The second-order valence-electron chi connectivity index (χ2n) is 5.41. The van der Waals surface area contributed by atoms with Gasteiger partial charge in [-0.1, -0.05) is 29.8 Å². The van der Waals surface area contributed by atoms with E-state index in [0.29, 0.717) is 23.4 Å². The molecule has 0 saturated heterocycles. The van der Waals surface area contributed by atoms with Gasteiger partial charge in [-0.25, -0.2) is 4.98 Å². The van der Waals surface area contributed by atoms with Crippen molar-refractivity contribution in [2.75, 3.05) is 17.2 Å². The van der Waals surface area contributed by atoms with Gasteiger partial charge in [-0.3, -0.25) is 0 Å². The second kappa shape index (κ2) is 7.85. The molecule has 0 atom stereocenters. The number of para-hydroxylation sites is 2. The fraction of sp³-hybridized carbons (Fsp3) is 0.158. The molecule has 0 aliphatic carbocycles. The summed E-state index contributed by atoms with van der Waals surface area (Å²) in [4.78, 5) is 8.74. The quantitative estimate of drug-likeness (QED) is 0.627. The molecule has 0 amide bonds. The number of aryl methyl sites for hydroxylation is 1. The predicted molar refractivity (Wildman–Crippen MR) is 102 cm³/mol. The first-order valence-corrected chi connectivity index (χ1v) is 8.38. The second-order valence-corrected chi connectivity index (χ2v) is 5.82. The molecule has 3 aromatic rings. The largest absolute Gasteiger partial charge is 0.492 e. The standard InChI is InChI=1S/C19H19ClN4O/c1-3-25-17-7-5-4-6-16(17)23-18-10-11-21-19(24-18)22-14-9-8-13(2)15(20)12-14/h4-12H,3H2,1-2H3,(H2,21,22,23,24). The summed E-state index contributed by atoms with van der Waals surface area (Å²) in [7, 11) is 0. The van der Waals surface area contributed by atoms with Crippen LogP contribution in [0.1, 0.15) is 12.5 Å². The van der Waals surface area contributed by atoms with Crippen molar-refractivity contribution in [3.8, 4) is 5.75 Å². The van der Waals surface area contributed by atoms with Crippen LogP contribution < -0.4 is 15.4 Å². The lowest BCUT2D eigenvalue weighted by molar-refractivity contribution is 0.342. The molecular weight excluding hydrogens is 336 g/mol. The molecule has 1 heterocycles. The third-order valence-corrected chi connectivity index (χ3v) is 3.94. The number of benzene rings is 2. The number of hydrogen-bond donors (Lipinski definition) is 2. The van der Waals surface area contributed by atoms with E-state index in [1.54, 1.807) is 12.3 Å². The molecule has 0 radical (unpaired) electrons. The Labute approximate surface area is 152 Å². The van der Waals surface area contributed by atoms with E-state index >= 15 is 0 Å². The Bertz CT molecular complexity index is 870. The van der Waals surface area contributed by atoms with Crippen LogP contribution in [0, 0.1) is 6.92 Å². The molecule has 0 spiro atoms. The molecular formula is C19H19ClN4O. The van der Waals surface area contributed by atoms with Crippen molar-refractivity contribution in [1.29, 1.82) is 0 Å². The Balaban J connectivity index is 1.78. The SMILES string of the molecule is CCOc1ccccc1Nc1ccnc(Nc2ccc(C)c(Cl)c2)n1. The predicted octanol–water partition coefficient (Wildman–Crippen LogP) is 5.32. The molecule has 0 unspecified atom stereocenters. The van der Waals surface area contributed by atoms with Gasteiger partial charge < -0.3 is 15.4 Å². The highest BCUT2D eigenvalue weighted by Crippen LogP contribution is 2.27. The number of nitrogens with zero attached hydrogens (tertiary/aromatic N) is 2. The van der Waals surface area contributed by atoms with E-state index < -0.39 is 0 Å². The van der Waals surface area contributed by atoms with Crippen molar-refractivity contribution in [3.63, 3.8) is 0 Å². The number of rotatable bonds is 6. The summed E-state index contributed by atoms with van der Waals surface area (Å²) in [6.45, 7) is 4.52. The van der Waals surface area contributed by atoms with E-state index in [0.717, 1.165) is 22.7 Å². The van der Waals surface area contributed by atoms with Gasteiger partial charge in [0.25, 0.3) is 0 Å². The molecule has 0 bridgehead atoms. The first-order valence-electron chi connectivity index (χ1n) is 8.01. The van der Waals surface area contributed by atoms with Crippen molar-refractivity contribution in [2.45, 2.75) is 13.8 Å². The van der Waals surface area contributed by atoms with E-state index in [4.69, 9.17) is 16.3 Å². The maximum absolute atomic E-state index is 6.16. The summed E-state index contributed by atoms with van der Waals surface area (Å²) in [5, 5.41) is 7.12. The molecule has 2 aromatic carbocycles. The highest BCUT2D eigenvalue weighted by molar-refractivity contribution is 6.31. The zero-order valence-corrected chi connectivity index (χ0v) is 14.8. The monoisotopic (exact) mass is 354 g/mol. The minimum atomic E-state index is 0.485. The number of ether oxygens (including phenoxy) is 1. The lowest BCUT2D eigenvalue weighted by Gasteiger charge is -2.12. The lowest BCUT2D eigenvalue weighted by Crippen LogP contribution is -2.02. The Kier molecular flexibility index (Phi) is 5.36. The summed E-state index contributed by atoms with van der Waals surface area (Å²) in [6.07, 6.45) is 1.69. The average molecular weight is 355 g/mol. The molecule has 128 valence electrons. The van der Waals surface area contributed by atoms with Gasteiger partial charge >= 0.3 is 0 Å². The van der Waals surface area contributed by atoms with Crippen LogP contribution in [0.2, 0.25) is 5.02 Å². The first-order chi connectivity index (χ1) is 12.2. The first kappa shape index (κ1) is 17.0. The summed E-state index contributed by atoms with van der Waals surface area (Å²) in [6, 6.07) is 15.3.